The largest absolute Gasteiger partial charge is 0.497 e. The highest BCUT2D eigenvalue weighted by atomic mass is 35.5. The van der Waals surface area contributed by atoms with Crippen LogP contribution in [0.1, 0.15) is 5.56 Å². The molecule has 1 amide bonds. The first-order valence-corrected chi connectivity index (χ1v) is 8.30. The maximum Gasteiger partial charge on any atom is 0.238 e. The molecule has 24 heavy (non-hydrogen) atoms. The number of anilines is 1. The Labute approximate surface area is 152 Å². The van der Waals surface area contributed by atoms with Gasteiger partial charge in [-0.05, 0) is 49.4 Å². The molecule has 0 spiro atoms. The minimum absolute atomic E-state index is 0.0920. The van der Waals surface area contributed by atoms with Crippen LogP contribution < -0.4 is 10.1 Å². The number of rotatable bonds is 7. The summed E-state index contributed by atoms with van der Waals surface area (Å²) in [5.41, 5.74) is 1.84. The van der Waals surface area contributed by atoms with Gasteiger partial charge in [0.1, 0.15) is 5.75 Å². The van der Waals surface area contributed by atoms with Crippen molar-refractivity contribution < 1.29 is 9.53 Å². The molecule has 2 aromatic rings. The summed E-state index contributed by atoms with van der Waals surface area (Å²) in [6, 6.07) is 13.0. The molecule has 0 aliphatic carbocycles. The number of ether oxygens (including phenoxy) is 1. The maximum absolute atomic E-state index is 12.1. The number of nitrogens with one attached hydrogen (secondary N) is 1. The molecule has 1 N–H and O–H groups in total. The fourth-order valence-electron chi connectivity index (χ4n) is 2.21. The first-order chi connectivity index (χ1) is 11.5. The van der Waals surface area contributed by atoms with Crippen molar-refractivity contribution in [3.05, 3.63) is 58.1 Å². The molecule has 0 saturated heterocycles. The molecule has 0 saturated carbocycles. The number of carbonyl (C=O) groups is 1. The second-order valence-corrected chi connectivity index (χ2v) is 6.33. The molecule has 0 unspecified atom stereocenters. The zero-order valence-corrected chi connectivity index (χ0v) is 15.2. The molecule has 0 aromatic heterocycles. The van der Waals surface area contributed by atoms with Crippen LogP contribution in [0, 0.1) is 0 Å². The van der Waals surface area contributed by atoms with Crippen LogP contribution >= 0.6 is 23.2 Å². The van der Waals surface area contributed by atoms with E-state index in [4.69, 9.17) is 27.9 Å². The van der Waals surface area contributed by atoms with Crippen molar-refractivity contribution in [2.75, 3.05) is 32.6 Å². The third-order valence-corrected chi connectivity index (χ3v) is 4.30. The molecule has 6 heteroatoms. The molecule has 0 bridgehead atoms. The minimum Gasteiger partial charge on any atom is -0.497 e. The highest BCUT2D eigenvalue weighted by molar-refractivity contribution is 6.42. The number of hydrogen-bond donors (Lipinski definition) is 1. The van der Waals surface area contributed by atoms with Crippen LogP contribution in [0.4, 0.5) is 5.69 Å². The van der Waals surface area contributed by atoms with E-state index in [2.05, 4.69) is 5.32 Å². The molecular formula is C18H20Cl2N2O2. The van der Waals surface area contributed by atoms with Gasteiger partial charge in [-0.15, -0.1) is 0 Å². The summed E-state index contributed by atoms with van der Waals surface area (Å²) < 4.78 is 5.14. The predicted molar refractivity (Wildman–Crippen MR) is 99.3 cm³/mol. The van der Waals surface area contributed by atoms with Crippen molar-refractivity contribution in [1.82, 2.24) is 4.90 Å². The smallest absolute Gasteiger partial charge is 0.238 e. The van der Waals surface area contributed by atoms with E-state index in [1.54, 1.807) is 25.3 Å². The normalized spacial score (nSPS) is 10.7. The lowest BCUT2D eigenvalue weighted by Crippen LogP contribution is -2.31. The van der Waals surface area contributed by atoms with Gasteiger partial charge in [0.2, 0.25) is 5.91 Å². The van der Waals surface area contributed by atoms with E-state index < -0.39 is 0 Å². The quantitative estimate of drug-likeness (QED) is 0.801. The average Bonchev–Trinajstić information content (AvgIpc) is 2.56. The number of likely N-dealkylation sites (N-methyl/N-ethyl adjacent to an activating group) is 1. The summed E-state index contributed by atoms with van der Waals surface area (Å²) >= 11 is 11.8. The van der Waals surface area contributed by atoms with Gasteiger partial charge in [-0.3, -0.25) is 9.69 Å². The van der Waals surface area contributed by atoms with Crippen molar-refractivity contribution in [3.63, 3.8) is 0 Å². The fourth-order valence-corrected chi connectivity index (χ4v) is 2.51. The maximum atomic E-state index is 12.1. The van der Waals surface area contributed by atoms with E-state index in [1.807, 2.05) is 36.2 Å². The van der Waals surface area contributed by atoms with Gasteiger partial charge in [0.15, 0.2) is 0 Å². The number of halogens is 2. The van der Waals surface area contributed by atoms with E-state index >= 15 is 0 Å². The lowest BCUT2D eigenvalue weighted by molar-refractivity contribution is -0.117. The van der Waals surface area contributed by atoms with Crippen LogP contribution in [0.2, 0.25) is 10.0 Å². The van der Waals surface area contributed by atoms with E-state index in [0.717, 1.165) is 18.7 Å². The Bertz CT molecular complexity index is 690. The Balaban J connectivity index is 1.79. The van der Waals surface area contributed by atoms with Gasteiger partial charge < -0.3 is 10.1 Å². The van der Waals surface area contributed by atoms with Gasteiger partial charge in [-0.2, -0.15) is 0 Å². The summed E-state index contributed by atoms with van der Waals surface area (Å²) in [4.78, 5) is 14.0. The Hall–Kier alpha value is -1.75. The molecule has 0 aliphatic heterocycles. The third kappa shape index (κ3) is 5.71. The van der Waals surface area contributed by atoms with Crippen molar-refractivity contribution in [3.8, 4) is 5.75 Å². The van der Waals surface area contributed by atoms with Crippen LogP contribution in [-0.2, 0) is 11.2 Å². The molecule has 128 valence electrons. The molecule has 2 rings (SSSR count). The van der Waals surface area contributed by atoms with Crippen molar-refractivity contribution >= 4 is 34.8 Å². The van der Waals surface area contributed by atoms with Gasteiger partial charge in [0.25, 0.3) is 0 Å². The highest BCUT2D eigenvalue weighted by Gasteiger charge is 2.08. The minimum atomic E-state index is -0.0920. The number of amides is 1. The lowest BCUT2D eigenvalue weighted by atomic mass is 10.1. The number of methoxy groups -OCH3 is 1. The number of hydrogen-bond acceptors (Lipinski definition) is 3. The fraction of sp³-hybridized carbons (Fsp3) is 0.278. The third-order valence-electron chi connectivity index (χ3n) is 3.56. The van der Waals surface area contributed by atoms with Crippen LogP contribution in [0.25, 0.3) is 0 Å². The Morgan fingerprint density at radius 1 is 1.12 bits per heavy atom. The topological polar surface area (TPSA) is 41.6 Å². The molecule has 0 atom stereocenters. The first kappa shape index (κ1) is 18.6. The summed E-state index contributed by atoms with van der Waals surface area (Å²) in [6.07, 6.45) is 0.862. The van der Waals surface area contributed by atoms with E-state index in [0.29, 0.717) is 22.3 Å². The summed E-state index contributed by atoms with van der Waals surface area (Å²) in [6.45, 7) is 1.08. The SMILES string of the molecule is COc1ccc(CCN(C)CC(=O)Nc2ccc(Cl)c(Cl)c2)cc1. The molecule has 0 heterocycles. The van der Waals surface area contributed by atoms with Crippen LogP contribution in [-0.4, -0.2) is 38.1 Å². The molecule has 2 aromatic carbocycles. The van der Waals surface area contributed by atoms with Gasteiger partial charge in [0.05, 0.1) is 23.7 Å². The van der Waals surface area contributed by atoms with E-state index in [-0.39, 0.29) is 5.91 Å². The predicted octanol–water partition coefficient (Wildman–Crippen LogP) is 4.12. The van der Waals surface area contributed by atoms with Gasteiger partial charge >= 0.3 is 0 Å². The Kier molecular flexibility index (Phi) is 6.91. The second kappa shape index (κ2) is 8.92. The number of nitrogens with zero attached hydrogens (tertiary/aromatic N) is 1. The number of carbonyl (C=O) groups excluding carboxylic acids is 1. The molecule has 4 nitrogen and oxygen atoms in total. The van der Waals surface area contributed by atoms with E-state index in [1.165, 1.54) is 5.56 Å². The second-order valence-electron chi connectivity index (χ2n) is 5.51. The van der Waals surface area contributed by atoms with Gasteiger partial charge in [-0.1, -0.05) is 35.3 Å². The lowest BCUT2D eigenvalue weighted by Gasteiger charge is -2.16. The van der Waals surface area contributed by atoms with Crippen molar-refractivity contribution in [2.24, 2.45) is 0 Å². The summed E-state index contributed by atoms with van der Waals surface area (Å²) in [5, 5.41) is 3.70. The van der Waals surface area contributed by atoms with Gasteiger partial charge in [0, 0.05) is 12.2 Å². The van der Waals surface area contributed by atoms with Crippen molar-refractivity contribution in [1.29, 1.82) is 0 Å². The monoisotopic (exact) mass is 366 g/mol. The van der Waals surface area contributed by atoms with Crippen LogP contribution in [0.15, 0.2) is 42.5 Å². The average molecular weight is 367 g/mol. The Morgan fingerprint density at radius 3 is 2.46 bits per heavy atom. The number of benzene rings is 2. The summed E-state index contributed by atoms with van der Waals surface area (Å²) in [7, 11) is 3.56. The van der Waals surface area contributed by atoms with Crippen molar-refractivity contribution in [2.45, 2.75) is 6.42 Å². The van der Waals surface area contributed by atoms with Gasteiger partial charge in [-0.25, -0.2) is 0 Å². The van der Waals surface area contributed by atoms with Crippen LogP contribution in [0.3, 0.4) is 0 Å². The zero-order valence-electron chi connectivity index (χ0n) is 13.7. The van der Waals surface area contributed by atoms with Crippen LogP contribution in [0.5, 0.6) is 5.75 Å². The molecule has 0 fully saturated rings. The first-order valence-electron chi connectivity index (χ1n) is 7.54. The Morgan fingerprint density at radius 2 is 1.83 bits per heavy atom. The summed E-state index contributed by atoms with van der Waals surface area (Å²) in [5.74, 6) is 0.749. The highest BCUT2D eigenvalue weighted by Crippen LogP contribution is 2.24. The molecule has 0 radical (unpaired) electrons. The molecule has 0 aliphatic rings. The molecular weight excluding hydrogens is 347 g/mol. The zero-order chi connectivity index (χ0) is 17.5. The van der Waals surface area contributed by atoms with E-state index in [9.17, 15) is 4.79 Å². The standard InChI is InChI=1S/C18H20Cl2N2O2/c1-22(10-9-13-3-6-15(24-2)7-4-13)12-18(23)21-14-5-8-16(19)17(20)11-14/h3-8,11H,9-10,12H2,1-2H3,(H,21,23).